The Hall–Kier alpha value is 0.0700. The van der Waals surface area contributed by atoms with Gasteiger partial charge in [0.1, 0.15) is 0 Å². The van der Waals surface area contributed by atoms with Crippen molar-refractivity contribution in [1.82, 2.24) is 10.2 Å². The first kappa shape index (κ1) is 15.1. The van der Waals surface area contributed by atoms with Crippen molar-refractivity contribution in [2.24, 2.45) is 0 Å². The molecule has 1 saturated heterocycles. The van der Waals surface area contributed by atoms with Gasteiger partial charge in [0, 0.05) is 54.0 Å². The zero-order valence-corrected chi connectivity index (χ0v) is 12.6. The number of rotatable bonds is 6. The summed E-state index contributed by atoms with van der Waals surface area (Å²) >= 11 is 0. The van der Waals surface area contributed by atoms with Crippen molar-refractivity contribution in [2.45, 2.75) is 58.2 Å². The second-order valence-corrected chi connectivity index (χ2v) is 6.74. The molecule has 4 heteroatoms. The standard InChI is InChI=1S/C13H28N2OS/c1-5-12-10-15(13(6-2)9-14-12)11(3)7-8-17(4)16/h11-14H,5-10H2,1-4H3. The molecule has 3 nitrogen and oxygen atoms in total. The molecule has 1 N–H and O–H groups in total. The van der Waals surface area contributed by atoms with Gasteiger partial charge in [-0.05, 0) is 26.2 Å². The number of hydrogen-bond donors (Lipinski definition) is 1. The summed E-state index contributed by atoms with van der Waals surface area (Å²) in [4.78, 5) is 2.62. The fraction of sp³-hybridized carbons (Fsp3) is 1.00. The van der Waals surface area contributed by atoms with E-state index in [2.05, 4.69) is 31.0 Å². The van der Waals surface area contributed by atoms with Gasteiger partial charge in [-0.3, -0.25) is 9.11 Å². The van der Waals surface area contributed by atoms with E-state index in [0.717, 1.165) is 25.3 Å². The first-order valence-corrected chi connectivity index (χ1v) is 8.60. The third-order valence-corrected chi connectivity index (χ3v) is 4.71. The molecule has 0 saturated carbocycles. The van der Waals surface area contributed by atoms with Gasteiger partial charge in [-0.15, -0.1) is 0 Å². The molecule has 0 radical (unpaired) electrons. The van der Waals surface area contributed by atoms with E-state index in [1.807, 2.05) is 0 Å². The molecule has 0 aromatic rings. The van der Waals surface area contributed by atoms with Gasteiger partial charge in [-0.2, -0.15) is 0 Å². The zero-order chi connectivity index (χ0) is 12.8. The number of hydrogen-bond acceptors (Lipinski definition) is 3. The van der Waals surface area contributed by atoms with E-state index in [1.165, 1.54) is 12.8 Å². The lowest BCUT2D eigenvalue weighted by Gasteiger charge is -2.43. The minimum Gasteiger partial charge on any atom is -0.311 e. The average Bonchev–Trinajstić information content (AvgIpc) is 2.34. The Morgan fingerprint density at radius 2 is 2.12 bits per heavy atom. The van der Waals surface area contributed by atoms with E-state index in [-0.39, 0.29) is 0 Å². The minimum atomic E-state index is -0.657. The van der Waals surface area contributed by atoms with E-state index in [9.17, 15) is 4.21 Å². The highest BCUT2D eigenvalue weighted by atomic mass is 32.2. The van der Waals surface area contributed by atoms with Gasteiger partial charge in [0.2, 0.25) is 0 Å². The highest BCUT2D eigenvalue weighted by molar-refractivity contribution is 7.84. The van der Waals surface area contributed by atoms with Crippen LogP contribution in [-0.4, -0.2) is 52.3 Å². The summed E-state index contributed by atoms with van der Waals surface area (Å²) in [6.45, 7) is 9.04. The average molecular weight is 260 g/mol. The molecule has 0 aliphatic carbocycles. The lowest BCUT2D eigenvalue weighted by Crippen LogP contribution is -2.58. The van der Waals surface area contributed by atoms with Crippen LogP contribution in [0.5, 0.6) is 0 Å². The number of nitrogens with one attached hydrogen (secondary N) is 1. The number of piperazine rings is 1. The van der Waals surface area contributed by atoms with Crippen molar-refractivity contribution in [1.29, 1.82) is 0 Å². The summed E-state index contributed by atoms with van der Waals surface area (Å²) in [5.41, 5.74) is 0. The minimum absolute atomic E-state index is 0.556. The molecular weight excluding hydrogens is 232 g/mol. The van der Waals surface area contributed by atoms with Gasteiger partial charge in [0.05, 0.1) is 0 Å². The molecule has 1 rings (SSSR count). The highest BCUT2D eigenvalue weighted by Crippen LogP contribution is 2.17. The van der Waals surface area contributed by atoms with Crippen molar-refractivity contribution in [2.75, 3.05) is 25.1 Å². The lowest BCUT2D eigenvalue weighted by atomic mass is 10.0. The van der Waals surface area contributed by atoms with Crippen LogP contribution in [0, 0.1) is 0 Å². The van der Waals surface area contributed by atoms with Crippen LogP contribution < -0.4 is 5.32 Å². The lowest BCUT2D eigenvalue weighted by molar-refractivity contribution is 0.0838. The summed E-state index contributed by atoms with van der Waals surface area (Å²) in [6.07, 6.45) is 5.25. The SMILES string of the molecule is CCC1CN(C(C)CCS(C)=O)C(CC)CN1. The molecule has 0 bridgehead atoms. The van der Waals surface area contributed by atoms with E-state index < -0.39 is 10.8 Å². The maximum absolute atomic E-state index is 11.2. The maximum atomic E-state index is 11.2. The normalized spacial score (nSPS) is 30.1. The quantitative estimate of drug-likeness (QED) is 0.787. The Balaban J connectivity index is 2.52. The van der Waals surface area contributed by atoms with E-state index in [1.54, 1.807) is 6.26 Å². The molecule has 4 atom stereocenters. The third-order valence-electron chi connectivity index (χ3n) is 3.90. The van der Waals surface area contributed by atoms with Crippen molar-refractivity contribution in [3.05, 3.63) is 0 Å². The van der Waals surface area contributed by atoms with Crippen LogP contribution in [-0.2, 0) is 10.8 Å². The van der Waals surface area contributed by atoms with E-state index >= 15 is 0 Å². The van der Waals surface area contributed by atoms with Gasteiger partial charge in [0.25, 0.3) is 0 Å². The molecule has 0 aromatic heterocycles. The summed E-state index contributed by atoms with van der Waals surface area (Å²) in [6, 6.07) is 1.84. The fourth-order valence-electron chi connectivity index (χ4n) is 2.58. The van der Waals surface area contributed by atoms with Crippen LogP contribution in [0.25, 0.3) is 0 Å². The number of nitrogens with zero attached hydrogens (tertiary/aromatic N) is 1. The Labute approximate surface area is 109 Å². The second-order valence-electron chi connectivity index (χ2n) is 5.19. The van der Waals surface area contributed by atoms with Crippen LogP contribution in [0.3, 0.4) is 0 Å². The zero-order valence-electron chi connectivity index (χ0n) is 11.7. The molecule has 1 fully saturated rings. The van der Waals surface area contributed by atoms with Crippen LogP contribution in [0.4, 0.5) is 0 Å². The van der Waals surface area contributed by atoms with Gasteiger partial charge in [0.15, 0.2) is 0 Å². The molecule has 4 unspecified atom stereocenters. The maximum Gasteiger partial charge on any atom is 0.0246 e. The van der Waals surface area contributed by atoms with Crippen molar-refractivity contribution >= 4 is 10.8 Å². The Bertz CT molecular complexity index is 248. The molecular formula is C13H28N2OS. The fourth-order valence-corrected chi connectivity index (χ4v) is 3.26. The summed E-state index contributed by atoms with van der Waals surface area (Å²) in [5, 5.41) is 3.62. The molecule has 1 aliphatic rings. The molecule has 102 valence electrons. The molecule has 17 heavy (non-hydrogen) atoms. The predicted molar refractivity (Wildman–Crippen MR) is 75.9 cm³/mol. The van der Waals surface area contributed by atoms with Crippen LogP contribution in [0.2, 0.25) is 0 Å². The highest BCUT2D eigenvalue weighted by Gasteiger charge is 2.28. The first-order chi connectivity index (χ1) is 8.08. The summed E-state index contributed by atoms with van der Waals surface area (Å²) in [7, 11) is -0.657. The van der Waals surface area contributed by atoms with Gasteiger partial charge in [-0.1, -0.05) is 13.8 Å². The van der Waals surface area contributed by atoms with Crippen molar-refractivity contribution in [3.63, 3.8) is 0 Å². The Morgan fingerprint density at radius 3 is 2.65 bits per heavy atom. The molecule has 0 aromatic carbocycles. The Morgan fingerprint density at radius 1 is 1.41 bits per heavy atom. The Kier molecular flexibility index (Phi) is 6.67. The van der Waals surface area contributed by atoms with E-state index in [0.29, 0.717) is 18.1 Å². The monoisotopic (exact) mass is 260 g/mol. The van der Waals surface area contributed by atoms with Gasteiger partial charge >= 0.3 is 0 Å². The summed E-state index contributed by atoms with van der Waals surface area (Å²) < 4.78 is 11.2. The third kappa shape index (κ3) is 4.68. The van der Waals surface area contributed by atoms with Gasteiger partial charge < -0.3 is 5.32 Å². The van der Waals surface area contributed by atoms with Crippen LogP contribution in [0.1, 0.15) is 40.0 Å². The topological polar surface area (TPSA) is 32.3 Å². The molecule has 1 heterocycles. The second kappa shape index (κ2) is 7.49. The smallest absolute Gasteiger partial charge is 0.0246 e. The largest absolute Gasteiger partial charge is 0.311 e. The molecule has 1 aliphatic heterocycles. The summed E-state index contributed by atoms with van der Waals surface area (Å²) in [5.74, 6) is 0.832. The molecule has 0 amide bonds. The van der Waals surface area contributed by atoms with Crippen LogP contribution >= 0.6 is 0 Å². The van der Waals surface area contributed by atoms with Crippen molar-refractivity contribution < 1.29 is 4.21 Å². The molecule has 0 spiro atoms. The van der Waals surface area contributed by atoms with E-state index in [4.69, 9.17) is 0 Å². The predicted octanol–water partition coefficient (Wildman–Crippen LogP) is 1.61. The first-order valence-electron chi connectivity index (χ1n) is 6.87. The van der Waals surface area contributed by atoms with Crippen molar-refractivity contribution in [3.8, 4) is 0 Å². The van der Waals surface area contributed by atoms with Crippen LogP contribution in [0.15, 0.2) is 0 Å². The van der Waals surface area contributed by atoms with Gasteiger partial charge in [-0.25, -0.2) is 0 Å².